The maximum absolute atomic E-state index is 12.7. The number of hydrogen-bond donors (Lipinski definition) is 5. The van der Waals surface area contributed by atoms with Crippen LogP contribution in [-0.4, -0.2) is 81.6 Å². The maximum Gasteiger partial charge on any atom is 0.472 e. The Morgan fingerprint density at radius 2 is 1.10 bits per heavy atom. The number of phosphoric acid groups is 2. The highest BCUT2D eigenvalue weighted by Crippen LogP contribution is 2.43. The number of hydrogen-bond acceptors (Lipinski definition) is 11. The summed E-state index contributed by atoms with van der Waals surface area (Å²) in [6, 6.07) is 0. The van der Waals surface area contributed by atoms with Crippen molar-refractivity contribution in [3.63, 3.8) is 0 Å². The molecule has 5 N–H and O–H groups in total. The van der Waals surface area contributed by atoms with Crippen molar-refractivity contribution in [2.45, 2.75) is 193 Å². The van der Waals surface area contributed by atoms with E-state index in [1.807, 2.05) is 31.2 Å². The summed E-state index contributed by atoms with van der Waals surface area (Å²) in [7, 11) is -9.69. The molecule has 59 heavy (non-hydrogen) atoms. The molecule has 0 heterocycles. The monoisotopic (exact) mass is 883 g/mol. The highest BCUT2D eigenvalue weighted by molar-refractivity contribution is 7.47. The van der Waals surface area contributed by atoms with Gasteiger partial charge in [-0.05, 0) is 44.4 Å². The molecule has 0 aliphatic rings. The molecule has 14 nitrogen and oxygen atoms in total. The average molecular weight is 883 g/mol. The van der Waals surface area contributed by atoms with Crippen LogP contribution in [0.5, 0.6) is 0 Å². The van der Waals surface area contributed by atoms with E-state index in [4.69, 9.17) is 23.8 Å². The van der Waals surface area contributed by atoms with Gasteiger partial charge in [0.25, 0.3) is 0 Å². The van der Waals surface area contributed by atoms with E-state index in [2.05, 4.69) is 29.0 Å². The molecule has 346 valence electrons. The number of esters is 2. The van der Waals surface area contributed by atoms with Gasteiger partial charge in [-0.1, -0.05) is 160 Å². The molecule has 0 rings (SSSR count). The van der Waals surface area contributed by atoms with Gasteiger partial charge in [0.1, 0.15) is 12.7 Å². The molecule has 0 aliphatic carbocycles. The third-order valence-corrected chi connectivity index (χ3v) is 10.7. The molecular formula is C43H80O14P2. The van der Waals surface area contributed by atoms with E-state index in [9.17, 15) is 33.8 Å². The zero-order valence-electron chi connectivity index (χ0n) is 36.4. The molecule has 0 spiro atoms. The average Bonchev–Trinajstić information content (AvgIpc) is 3.17. The molecule has 0 radical (unpaired) electrons. The first-order valence-electron chi connectivity index (χ1n) is 22.1. The van der Waals surface area contributed by atoms with E-state index in [1.165, 1.54) is 64.2 Å². The van der Waals surface area contributed by atoms with E-state index >= 15 is 0 Å². The number of ether oxygens (including phenoxy) is 2. The predicted octanol–water partition coefficient (Wildman–Crippen LogP) is 10.1. The summed E-state index contributed by atoms with van der Waals surface area (Å²) in [5.74, 6) is -0.282. The number of aliphatic hydroxyl groups is 2. The lowest BCUT2D eigenvalue weighted by atomic mass is 10.0. The summed E-state index contributed by atoms with van der Waals surface area (Å²) < 4.78 is 47.7. The second-order valence-corrected chi connectivity index (χ2v) is 18.3. The van der Waals surface area contributed by atoms with Crippen molar-refractivity contribution in [2.24, 2.45) is 5.92 Å². The van der Waals surface area contributed by atoms with Gasteiger partial charge in [0.15, 0.2) is 6.10 Å². The standard InChI is InChI=1S/C43H80O14P2/c1-4-5-24-30-39(44)31-26-21-17-13-11-15-19-23-28-33-43(47)57-41(37-56-59(51,52)55-35-40(45)34-54-58(48,49)50)36-53-42(46)32-27-22-18-14-10-8-6-7-9-12-16-20-25-29-38(2)3/h5,17,21,24,26,31,38-41,44-45H,4,6-16,18-20,22-23,25,27-30,32-37H2,1-3H3,(H,51,52)(H2,48,49,50)/b21-17+,24-5+,31-26+/t39?,40-,41+/m0/s1. The minimum absolute atomic E-state index is 0.0858. The Labute approximate surface area is 355 Å². The number of unbranched alkanes of at least 4 members (excludes halogenated alkanes) is 17. The number of carbonyl (C=O) groups is 2. The number of aliphatic hydroxyl groups excluding tert-OH is 2. The van der Waals surface area contributed by atoms with Gasteiger partial charge < -0.3 is 34.4 Å². The van der Waals surface area contributed by atoms with E-state index < -0.39 is 72.3 Å². The van der Waals surface area contributed by atoms with Crippen molar-refractivity contribution in [2.75, 3.05) is 26.4 Å². The minimum Gasteiger partial charge on any atom is -0.462 e. The Kier molecular flexibility index (Phi) is 36.9. The van der Waals surface area contributed by atoms with Crippen LogP contribution < -0.4 is 0 Å². The normalized spacial score (nSPS) is 15.0. The summed E-state index contributed by atoms with van der Waals surface area (Å²) in [4.78, 5) is 52.7. The number of rotatable bonds is 41. The molecule has 0 saturated carbocycles. The van der Waals surface area contributed by atoms with Crippen LogP contribution in [0.15, 0.2) is 36.5 Å². The fraction of sp³-hybridized carbons (Fsp3) is 0.814. The molecule has 0 aromatic rings. The molecule has 0 fully saturated rings. The van der Waals surface area contributed by atoms with Crippen molar-refractivity contribution in [1.82, 2.24) is 0 Å². The van der Waals surface area contributed by atoms with E-state index in [0.29, 0.717) is 19.3 Å². The maximum atomic E-state index is 12.7. The van der Waals surface area contributed by atoms with Crippen molar-refractivity contribution in [1.29, 1.82) is 0 Å². The second kappa shape index (κ2) is 38.0. The quantitative estimate of drug-likeness (QED) is 0.0127. The van der Waals surface area contributed by atoms with Crippen LogP contribution in [0.25, 0.3) is 0 Å². The summed E-state index contributed by atoms with van der Waals surface area (Å²) >= 11 is 0. The molecule has 0 aromatic heterocycles. The summed E-state index contributed by atoms with van der Waals surface area (Å²) in [5, 5.41) is 19.6. The van der Waals surface area contributed by atoms with Crippen LogP contribution in [0.1, 0.15) is 175 Å². The zero-order chi connectivity index (χ0) is 44.0. The van der Waals surface area contributed by atoms with Gasteiger partial charge in [0.05, 0.1) is 25.9 Å². The largest absolute Gasteiger partial charge is 0.472 e. The molecule has 2 unspecified atom stereocenters. The molecule has 4 atom stereocenters. The van der Waals surface area contributed by atoms with Gasteiger partial charge in [-0.3, -0.25) is 23.2 Å². The first kappa shape index (κ1) is 57.3. The lowest BCUT2D eigenvalue weighted by Gasteiger charge is -2.20. The molecule has 0 saturated heterocycles. The molecular weight excluding hydrogens is 802 g/mol. The highest BCUT2D eigenvalue weighted by atomic mass is 31.2. The SMILES string of the molecule is CC/C=C/CC(O)/C=C/C=C/CCCCCCCC(=O)O[C@H](COC(=O)CCCCCCCCCCCCCCCC(C)C)COP(=O)(O)OC[C@@H](O)COP(=O)(O)O. The van der Waals surface area contributed by atoms with Gasteiger partial charge in [-0.15, -0.1) is 0 Å². The Balaban J connectivity index is 4.56. The predicted molar refractivity (Wildman–Crippen MR) is 231 cm³/mol. The van der Waals surface area contributed by atoms with Crippen molar-refractivity contribution in [3.8, 4) is 0 Å². The topological polar surface area (TPSA) is 216 Å². The number of allylic oxidation sites excluding steroid dienone is 4. The van der Waals surface area contributed by atoms with Crippen LogP contribution in [0.2, 0.25) is 0 Å². The number of phosphoric ester groups is 2. The fourth-order valence-corrected chi connectivity index (χ4v) is 7.08. The van der Waals surface area contributed by atoms with Gasteiger partial charge in [0, 0.05) is 12.8 Å². The zero-order valence-corrected chi connectivity index (χ0v) is 38.2. The summed E-state index contributed by atoms with van der Waals surface area (Å²) in [6.07, 6.45) is 31.9. The second-order valence-electron chi connectivity index (χ2n) is 15.6. The van der Waals surface area contributed by atoms with Crippen LogP contribution >= 0.6 is 15.6 Å². The minimum atomic E-state index is -4.87. The lowest BCUT2D eigenvalue weighted by Crippen LogP contribution is -2.30. The third-order valence-electron chi connectivity index (χ3n) is 9.29. The molecule has 0 bridgehead atoms. The highest BCUT2D eigenvalue weighted by Gasteiger charge is 2.28. The van der Waals surface area contributed by atoms with Crippen molar-refractivity contribution in [3.05, 3.63) is 36.5 Å². The summed E-state index contributed by atoms with van der Waals surface area (Å²) in [5.41, 5.74) is 0. The Bertz CT molecular complexity index is 1220. The van der Waals surface area contributed by atoms with Crippen LogP contribution in [0, 0.1) is 5.92 Å². The van der Waals surface area contributed by atoms with Gasteiger partial charge in [0.2, 0.25) is 0 Å². The molecule has 16 heteroatoms. The Hall–Kier alpha value is -1.70. The Morgan fingerprint density at radius 3 is 1.66 bits per heavy atom. The Morgan fingerprint density at radius 1 is 0.593 bits per heavy atom. The lowest BCUT2D eigenvalue weighted by molar-refractivity contribution is -0.161. The number of carbonyl (C=O) groups excluding carboxylic acids is 2. The smallest absolute Gasteiger partial charge is 0.462 e. The summed E-state index contributed by atoms with van der Waals surface area (Å²) in [6.45, 7) is 3.84. The van der Waals surface area contributed by atoms with Crippen LogP contribution in [0.4, 0.5) is 0 Å². The van der Waals surface area contributed by atoms with Crippen molar-refractivity contribution >= 4 is 27.6 Å². The van der Waals surface area contributed by atoms with Gasteiger partial charge in [-0.25, -0.2) is 9.13 Å². The first-order chi connectivity index (χ1) is 28.1. The first-order valence-corrected chi connectivity index (χ1v) is 25.2. The van der Waals surface area contributed by atoms with E-state index in [1.54, 1.807) is 6.08 Å². The molecule has 0 amide bonds. The van der Waals surface area contributed by atoms with Gasteiger partial charge in [-0.2, -0.15) is 0 Å². The van der Waals surface area contributed by atoms with E-state index in [0.717, 1.165) is 63.7 Å². The van der Waals surface area contributed by atoms with Crippen LogP contribution in [-0.2, 0) is 41.8 Å². The molecule has 0 aliphatic heterocycles. The van der Waals surface area contributed by atoms with Crippen molar-refractivity contribution < 1.29 is 66.7 Å². The molecule has 0 aromatic carbocycles. The third kappa shape index (κ3) is 42.8. The fourth-order valence-electron chi connectivity index (χ4n) is 5.92. The van der Waals surface area contributed by atoms with Gasteiger partial charge >= 0.3 is 27.6 Å². The van der Waals surface area contributed by atoms with E-state index in [-0.39, 0.29) is 12.8 Å². The van der Waals surface area contributed by atoms with Crippen LogP contribution in [0.3, 0.4) is 0 Å².